The predicted molar refractivity (Wildman–Crippen MR) is 98.5 cm³/mol. The molecule has 134 valence electrons. The topological polar surface area (TPSA) is 26.3 Å². The zero-order valence-electron chi connectivity index (χ0n) is 16.2. The molecule has 0 radical (unpaired) electrons. The molecule has 0 spiro atoms. The lowest BCUT2D eigenvalue weighted by Gasteiger charge is -2.57. The van der Waals surface area contributed by atoms with Gasteiger partial charge in [0, 0.05) is 0 Å². The summed E-state index contributed by atoms with van der Waals surface area (Å²) >= 11 is 0. The smallest absolute Gasteiger partial charge is 0.312 e. The lowest BCUT2D eigenvalue weighted by Crippen LogP contribution is -2.53. The zero-order chi connectivity index (χ0) is 17.5. The highest BCUT2D eigenvalue weighted by atomic mass is 16.5. The Kier molecular flexibility index (Phi) is 4.70. The van der Waals surface area contributed by atoms with Gasteiger partial charge in [-0.05, 0) is 74.7 Å². The van der Waals surface area contributed by atoms with Crippen molar-refractivity contribution in [1.82, 2.24) is 0 Å². The molecule has 0 aromatic heterocycles. The Bertz CT molecular complexity index is 571. The second-order valence-corrected chi connectivity index (χ2v) is 8.95. The Morgan fingerprint density at radius 2 is 2.08 bits per heavy atom. The van der Waals surface area contributed by atoms with Gasteiger partial charge in [0.15, 0.2) is 0 Å². The van der Waals surface area contributed by atoms with Crippen LogP contribution < -0.4 is 0 Å². The van der Waals surface area contributed by atoms with Crippen LogP contribution in [0.1, 0.15) is 73.1 Å². The van der Waals surface area contributed by atoms with Crippen LogP contribution in [0, 0.1) is 28.6 Å². The first kappa shape index (κ1) is 17.8. The molecule has 3 aliphatic carbocycles. The maximum absolute atomic E-state index is 12.8. The van der Waals surface area contributed by atoms with Crippen LogP contribution in [0.4, 0.5) is 0 Å². The zero-order valence-corrected chi connectivity index (χ0v) is 16.2. The van der Waals surface area contributed by atoms with Crippen LogP contribution in [-0.4, -0.2) is 12.6 Å². The van der Waals surface area contributed by atoms with Crippen molar-refractivity contribution in [3.63, 3.8) is 0 Å². The van der Waals surface area contributed by atoms with Crippen LogP contribution in [0.5, 0.6) is 0 Å². The SMILES string of the molecule is CCOC(=O)[C@]1(C)CCC[C@]2(C)[C@@H]3CCC(C(C)C)=CC3=CC[C@H]21. The Morgan fingerprint density at radius 1 is 1.33 bits per heavy atom. The van der Waals surface area contributed by atoms with E-state index in [1.54, 1.807) is 11.1 Å². The summed E-state index contributed by atoms with van der Waals surface area (Å²) in [4.78, 5) is 12.8. The fraction of sp³-hybridized carbons (Fsp3) is 0.773. The summed E-state index contributed by atoms with van der Waals surface area (Å²) in [6.07, 6.45) is 11.8. The highest BCUT2D eigenvalue weighted by Crippen LogP contribution is 2.62. The standard InChI is InChI=1S/C22H34O2/c1-6-24-20(23)22(5)13-7-12-21(4)18-10-8-16(15(2)3)14-17(18)9-11-19(21)22/h9,14-15,18-19H,6-8,10-13H2,1-5H3/t18-,19-,21-,22-/m1/s1. The van der Waals surface area contributed by atoms with Crippen molar-refractivity contribution in [2.75, 3.05) is 6.61 Å². The van der Waals surface area contributed by atoms with Crippen LogP contribution in [0.3, 0.4) is 0 Å². The van der Waals surface area contributed by atoms with Gasteiger partial charge in [0.05, 0.1) is 12.0 Å². The number of hydrogen-bond donors (Lipinski definition) is 0. The fourth-order valence-corrected chi connectivity index (χ4v) is 5.88. The quantitative estimate of drug-likeness (QED) is 0.622. The molecular formula is C22H34O2. The molecule has 4 atom stereocenters. The van der Waals surface area contributed by atoms with Crippen LogP contribution in [0.25, 0.3) is 0 Å². The van der Waals surface area contributed by atoms with Gasteiger partial charge in [-0.1, -0.05) is 44.9 Å². The first-order valence-electron chi connectivity index (χ1n) is 9.90. The van der Waals surface area contributed by atoms with Crippen molar-refractivity contribution in [3.05, 3.63) is 23.3 Å². The van der Waals surface area contributed by atoms with E-state index in [2.05, 4.69) is 39.8 Å². The van der Waals surface area contributed by atoms with Gasteiger partial charge in [0.25, 0.3) is 0 Å². The average Bonchev–Trinajstić information content (AvgIpc) is 2.54. The first-order chi connectivity index (χ1) is 11.3. The van der Waals surface area contributed by atoms with E-state index in [1.807, 2.05) is 6.92 Å². The van der Waals surface area contributed by atoms with Crippen molar-refractivity contribution < 1.29 is 9.53 Å². The average molecular weight is 331 g/mol. The number of hydrogen-bond acceptors (Lipinski definition) is 2. The molecular weight excluding hydrogens is 296 g/mol. The molecule has 1 saturated carbocycles. The minimum absolute atomic E-state index is 0.0343. The van der Waals surface area contributed by atoms with Crippen molar-refractivity contribution in [2.45, 2.75) is 73.1 Å². The monoisotopic (exact) mass is 330 g/mol. The summed E-state index contributed by atoms with van der Waals surface area (Å²) in [5, 5.41) is 0. The second kappa shape index (κ2) is 6.35. The van der Waals surface area contributed by atoms with Gasteiger partial charge < -0.3 is 4.74 Å². The third-order valence-corrected chi connectivity index (χ3v) is 7.32. The second-order valence-electron chi connectivity index (χ2n) is 8.95. The van der Waals surface area contributed by atoms with Crippen molar-refractivity contribution in [3.8, 4) is 0 Å². The molecule has 0 bridgehead atoms. The van der Waals surface area contributed by atoms with Gasteiger partial charge in [-0.15, -0.1) is 0 Å². The minimum Gasteiger partial charge on any atom is -0.466 e. The maximum atomic E-state index is 12.8. The van der Waals surface area contributed by atoms with E-state index in [0.717, 1.165) is 19.3 Å². The molecule has 0 aromatic carbocycles. The Labute approximate surface area is 147 Å². The molecule has 0 saturated heterocycles. The highest BCUT2D eigenvalue weighted by Gasteiger charge is 2.57. The predicted octanol–water partition coefficient (Wildman–Crippen LogP) is 5.68. The molecule has 3 aliphatic rings. The number of esters is 1. The van der Waals surface area contributed by atoms with Crippen LogP contribution >= 0.6 is 0 Å². The maximum Gasteiger partial charge on any atom is 0.312 e. The van der Waals surface area contributed by atoms with Crippen LogP contribution in [0.2, 0.25) is 0 Å². The third kappa shape index (κ3) is 2.66. The molecule has 2 nitrogen and oxygen atoms in total. The van der Waals surface area contributed by atoms with E-state index in [9.17, 15) is 4.79 Å². The number of rotatable bonds is 3. The first-order valence-corrected chi connectivity index (χ1v) is 9.90. The normalized spacial score (nSPS) is 38.8. The summed E-state index contributed by atoms with van der Waals surface area (Å²) in [5.41, 5.74) is 3.08. The Morgan fingerprint density at radius 3 is 2.75 bits per heavy atom. The number of ether oxygens (including phenoxy) is 1. The lowest BCUT2D eigenvalue weighted by atomic mass is 9.47. The summed E-state index contributed by atoms with van der Waals surface area (Å²) in [7, 11) is 0. The number of carbonyl (C=O) groups is 1. The van der Waals surface area contributed by atoms with E-state index in [1.165, 1.54) is 19.3 Å². The molecule has 24 heavy (non-hydrogen) atoms. The molecule has 0 aliphatic heterocycles. The van der Waals surface area contributed by atoms with E-state index in [0.29, 0.717) is 24.4 Å². The molecule has 0 aromatic rings. The minimum atomic E-state index is -0.312. The lowest BCUT2D eigenvalue weighted by molar-refractivity contribution is -0.168. The van der Waals surface area contributed by atoms with Gasteiger partial charge in [-0.2, -0.15) is 0 Å². The van der Waals surface area contributed by atoms with Crippen LogP contribution in [-0.2, 0) is 9.53 Å². The number of fused-ring (bicyclic) bond motifs is 3. The molecule has 2 heteroatoms. The third-order valence-electron chi connectivity index (χ3n) is 7.32. The van der Waals surface area contributed by atoms with E-state index >= 15 is 0 Å². The molecule has 0 unspecified atom stereocenters. The van der Waals surface area contributed by atoms with E-state index in [4.69, 9.17) is 4.74 Å². The number of allylic oxidation sites excluding steroid dienone is 4. The van der Waals surface area contributed by atoms with Crippen molar-refractivity contribution in [2.24, 2.45) is 28.6 Å². The fourth-order valence-electron chi connectivity index (χ4n) is 5.88. The van der Waals surface area contributed by atoms with Gasteiger partial charge in [0.2, 0.25) is 0 Å². The van der Waals surface area contributed by atoms with Crippen molar-refractivity contribution in [1.29, 1.82) is 0 Å². The Hall–Kier alpha value is -1.05. The van der Waals surface area contributed by atoms with Crippen LogP contribution in [0.15, 0.2) is 23.3 Å². The molecule has 1 fully saturated rings. The van der Waals surface area contributed by atoms with Crippen molar-refractivity contribution >= 4 is 5.97 Å². The molecule has 0 N–H and O–H groups in total. The summed E-state index contributed by atoms with van der Waals surface area (Å²) in [6, 6.07) is 0. The number of carbonyl (C=O) groups excluding carboxylic acids is 1. The summed E-state index contributed by atoms with van der Waals surface area (Å²) in [5.74, 6) is 1.72. The summed E-state index contributed by atoms with van der Waals surface area (Å²) in [6.45, 7) is 11.6. The summed E-state index contributed by atoms with van der Waals surface area (Å²) < 4.78 is 5.49. The Balaban J connectivity index is 1.96. The van der Waals surface area contributed by atoms with E-state index < -0.39 is 0 Å². The van der Waals surface area contributed by atoms with Gasteiger partial charge in [0.1, 0.15) is 0 Å². The largest absolute Gasteiger partial charge is 0.466 e. The van der Waals surface area contributed by atoms with Gasteiger partial charge in [-0.25, -0.2) is 0 Å². The van der Waals surface area contributed by atoms with Gasteiger partial charge in [-0.3, -0.25) is 4.79 Å². The molecule has 3 rings (SSSR count). The highest BCUT2D eigenvalue weighted by molar-refractivity contribution is 5.77. The van der Waals surface area contributed by atoms with E-state index in [-0.39, 0.29) is 16.8 Å². The molecule has 0 heterocycles. The molecule has 0 amide bonds. The van der Waals surface area contributed by atoms with Gasteiger partial charge >= 0.3 is 5.97 Å².